The van der Waals surface area contributed by atoms with E-state index in [1.165, 1.54) is 23.4 Å². The van der Waals surface area contributed by atoms with E-state index < -0.39 is 4.92 Å². The van der Waals surface area contributed by atoms with Gasteiger partial charge in [-0.1, -0.05) is 18.2 Å². The molecule has 0 spiro atoms. The molecule has 1 N–H and O–H groups in total. The second-order valence-corrected chi connectivity index (χ2v) is 5.82. The molecule has 0 aliphatic carbocycles. The molecule has 6 heteroatoms. The Morgan fingerprint density at radius 2 is 1.92 bits per heavy atom. The van der Waals surface area contributed by atoms with Gasteiger partial charge in [0.2, 0.25) is 5.91 Å². The maximum atomic E-state index is 12.1. The van der Waals surface area contributed by atoms with Gasteiger partial charge in [0, 0.05) is 43.0 Å². The Kier molecular flexibility index (Phi) is 4.74. The lowest BCUT2D eigenvalue weighted by Gasteiger charge is -2.31. The number of hydrogen-bond acceptors (Lipinski definition) is 4. The Labute approximate surface area is 140 Å². The van der Waals surface area contributed by atoms with Gasteiger partial charge in [0.25, 0.3) is 5.69 Å². The van der Waals surface area contributed by atoms with E-state index in [0.717, 1.165) is 19.4 Å². The molecule has 1 amide bonds. The predicted octanol–water partition coefficient (Wildman–Crippen LogP) is 3.38. The number of rotatable bonds is 5. The molecular formula is C18H19N3O3. The van der Waals surface area contributed by atoms with Crippen LogP contribution in [0.5, 0.6) is 0 Å². The number of anilines is 2. The fraction of sp³-hybridized carbons (Fsp3) is 0.278. The lowest BCUT2D eigenvalue weighted by molar-refractivity contribution is -0.384. The molecule has 124 valence electrons. The molecule has 1 heterocycles. The topological polar surface area (TPSA) is 75.5 Å². The van der Waals surface area contributed by atoms with E-state index in [9.17, 15) is 14.9 Å². The lowest BCUT2D eigenvalue weighted by Crippen LogP contribution is -2.32. The highest BCUT2D eigenvalue weighted by molar-refractivity contribution is 5.91. The highest BCUT2D eigenvalue weighted by atomic mass is 16.6. The van der Waals surface area contributed by atoms with Gasteiger partial charge in [0.05, 0.1) is 4.92 Å². The van der Waals surface area contributed by atoms with E-state index in [1.54, 1.807) is 12.1 Å². The third-order valence-electron chi connectivity index (χ3n) is 4.18. The van der Waals surface area contributed by atoms with Crippen LogP contribution in [0.15, 0.2) is 48.5 Å². The van der Waals surface area contributed by atoms with Gasteiger partial charge in [0.15, 0.2) is 0 Å². The van der Waals surface area contributed by atoms with Crippen LogP contribution in [0.4, 0.5) is 17.1 Å². The highest BCUT2D eigenvalue weighted by Crippen LogP contribution is 2.26. The zero-order chi connectivity index (χ0) is 16.9. The van der Waals surface area contributed by atoms with Crippen molar-refractivity contribution < 1.29 is 9.72 Å². The maximum absolute atomic E-state index is 12.1. The van der Waals surface area contributed by atoms with Crippen LogP contribution in [0.3, 0.4) is 0 Å². The molecule has 0 fully saturated rings. The molecule has 0 saturated heterocycles. The summed E-state index contributed by atoms with van der Waals surface area (Å²) in [6.07, 6.45) is 2.56. The quantitative estimate of drug-likeness (QED) is 0.675. The van der Waals surface area contributed by atoms with Crippen LogP contribution < -0.4 is 10.2 Å². The van der Waals surface area contributed by atoms with Crippen molar-refractivity contribution in [2.24, 2.45) is 0 Å². The second kappa shape index (κ2) is 7.12. The minimum Gasteiger partial charge on any atom is -0.371 e. The van der Waals surface area contributed by atoms with Crippen molar-refractivity contribution in [2.75, 3.05) is 23.3 Å². The van der Waals surface area contributed by atoms with E-state index in [2.05, 4.69) is 22.3 Å². The molecule has 1 aliphatic heterocycles. The number of carbonyl (C=O) groups is 1. The molecule has 2 aromatic rings. The number of hydrogen-bond donors (Lipinski definition) is 1. The Bertz CT molecular complexity index is 743. The summed E-state index contributed by atoms with van der Waals surface area (Å²) in [6, 6.07) is 14.2. The Hall–Kier alpha value is -2.89. The van der Waals surface area contributed by atoms with E-state index in [-0.39, 0.29) is 11.6 Å². The molecule has 3 rings (SSSR count). The number of carbonyl (C=O) groups excluding carboxylic acids is 1. The zero-order valence-corrected chi connectivity index (χ0v) is 13.3. The first-order valence-electron chi connectivity index (χ1n) is 8.00. The number of fused-ring (bicyclic) bond motifs is 1. The molecule has 0 radical (unpaired) electrons. The van der Waals surface area contributed by atoms with Gasteiger partial charge in [-0.15, -0.1) is 0 Å². The molecule has 0 aromatic heterocycles. The van der Waals surface area contributed by atoms with Crippen LogP contribution >= 0.6 is 0 Å². The first-order valence-corrected chi connectivity index (χ1v) is 8.00. The predicted molar refractivity (Wildman–Crippen MR) is 93.3 cm³/mol. The molecule has 24 heavy (non-hydrogen) atoms. The van der Waals surface area contributed by atoms with Crippen LogP contribution in [-0.2, 0) is 11.2 Å². The number of nitro groups is 1. The highest BCUT2D eigenvalue weighted by Gasteiger charge is 2.17. The second-order valence-electron chi connectivity index (χ2n) is 5.82. The molecule has 0 bridgehead atoms. The summed E-state index contributed by atoms with van der Waals surface area (Å²) in [7, 11) is 0. The summed E-state index contributed by atoms with van der Waals surface area (Å²) in [6.45, 7) is 1.62. The monoisotopic (exact) mass is 325 g/mol. The summed E-state index contributed by atoms with van der Waals surface area (Å²) >= 11 is 0. The Balaban J connectivity index is 1.55. The minimum absolute atomic E-state index is 0.0120. The summed E-state index contributed by atoms with van der Waals surface area (Å²) in [5.41, 5.74) is 3.13. The van der Waals surface area contributed by atoms with Gasteiger partial charge >= 0.3 is 0 Å². The Morgan fingerprint density at radius 3 is 2.67 bits per heavy atom. The summed E-state index contributed by atoms with van der Waals surface area (Å²) < 4.78 is 0. The third kappa shape index (κ3) is 3.71. The molecular weight excluding hydrogens is 306 g/mol. The lowest BCUT2D eigenvalue weighted by atomic mass is 10.0. The first-order chi connectivity index (χ1) is 11.6. The van der Waals surface area contributed by atoms with E-state index in [0.29, 0.717) is 18.7 Å². The van der Waals surface area contributed by atoms with Gasteiger partial charge in [-0.2, -0.15) is 0 Å². The number of non-ortho nitro benzene ring substituents is 1. The molecule has 0 atom stereocenters. The van der Waals surface area contributed by atoms with Crippen LogP contribution in [-0.4, -0.2) is 23.9 Å². The average molecular weight is 325 g/mol. The van der Waals surface area contributed by atoms with Crippen molar-refractivity contribution in [2.45, 2.75) is 19.3 Å². The van der Waals surface area contributed by atoms with Crippen LogP contribution in [0, 0.1) is 10.1 Å². The van der Waals surface area contributed by atoms with Crippen molar-refractivity contribution in [3.8, 4) is 0 Å². The number of nitrogens with one attached hydrogen (secondary N) is 1. The third-order valence-corrected chi connectivity index (χ3v) is 4.18. The van der Waals surface area contributed by atoms with Crippen molar-refractivity contribution in [1.82, 2.24) is 0 Å². The molecule has 2 aromatic carbocycles. The SMILES string of the molecule is O=C(CCN1CCCc2ccccc21)Nc1ccc([N+](=O)[O-])cc1. The molecule has 0 unspecified atom stereocenters. The average Bonchev–Trinajstić information content (AvgIpc) is 2.60. The zero-order valence-electron chi connectivity index (χ0n) is 13.3. The van der Waals surface area contributed by atoms with Crippen LogP contribution in [0.1, 0.15) is 18.4 Å². The van der Waals surface area contributed by atoms with Crippen molar-refractivity contribution in [3.63, 3.8) is 0 Å². The van der Waals surface area contributed by atoms with E-state index in [1.807, 2.05) is 12.1 Å². The maximum Gasteiger partial charge on any atom is 0.269 e. The normalized spacial score (nSPS) is 13.2. The minimum atomic E-state index is -0.459. The van der Waals surface area contributed by atoms with Gasteiger partial charge in [-0.3, -0.25) is 14.9 Å². The smallest absolute Gasteiger partial charge is 0.269 e. The number of nitrogens with zero attached hydrogens (tertiary/aromatic N) is 2. The number of aryl methyl sites for hydroxylation is 1. The van der Waals surface area contributed by atoms with E-state index >= 15 is 0 Å². The van der Waals surface area contributed by atoms with Crippen molar-refractivity contribution >= 4 is 23.0 Å². The summed E-state index contributed by atoms with van der Waals surface area (Å²) in [4.78, 5) is 24.5. The molecule has 1 aliphatic rings. The first kappa shape index (κ1) is 16.0. The number of benzene rings is 2. The fourth-order valence-electron chi connectivity index (χ4n) is 2.97. The number of amides is 1. The van der Waals surface area contributed by atoms with Gasteiger partial charge in [-0.05, 0) is 36.6 Å². The molecule has 0 saturated carbocycles. The summed E-state index contributed by atoms with van der Waals surface area (Å²) in [5.74, 6) is -0.0908. The summed E-state index contributed by atoms with van der Waals surface area (Å²) in [5, 5.41) is 13.4. The van der Waals surface area contributed by atoms with Crippen LogP contribution in [0.2, 0.25) is 0 Å². The van der Waals surface area contributed by atoms with Gasteiger partial charge in [-0.25, -0.2) is 0 Å². The van der Waals surface area contributed by atoms with Gasteiger partial charge in [0.1, 0.15) is 0 Å². The fourth-order valence-corrected chi connectivity index (χ4v) is 2.97. The van der Waals surface area contributed by atoms with Crippen LogP contribution in [0.25, 0.3) is 0 Å². The van der Waals surface area contributed by atoms with Gasteiger partial charge < -0.3 is 10.2 Å². The van der Waals surface area contributed by atoms with E-state index in [4.69, 9.17) is 0 Å². The number of nitro benzene ring substituents is 1. The standard InChI is InChI=1S/C18H19N3O3/c22-18(19-15-7-9-16(10-8-15)21(23)24)11-13-20-12-3-5-14-4-1-2-6-17(14)20/h1-2,4,6-10H,3,5,11-13H2,(H,19,22). The number of para-hydroxylation sites is 1. The van der Waals surface area contributed by atoms with Crippen molar-refractivity contribution in [3.05, 3.63) is 64.2 Å². The largest absolute Gasteiger partial charge is 0.371 e. The molecule has 6 nitrogen and oxygen atoms in total. The Morgan fingerprint density at radius 1 is 1.17 bits per heavy atom. The van der Waals surface area contributed by atoms with Crippen molar-refractivity contribution in [1.29, 1.82) is 0 Å².